The predicted octanol–water partition coefficient (Wildman–Crippen LogP) is 3.81. The van der Waals surface area contributed by atoms with Gasteiger partial charge in [0.25, 0.3) is 0 Å². The lowest BCUT2D eigenvalue weighted by Gasteiger charge is -2.08. The fourth-order valence-corrected chi connectivity index (χ4v) is 1.85. The first-order valence-corrected chi connectivity index (χ1v) is 6.88. The maximum atomic E-state index is 11.8. The van der Waals surface area contributed by atoms with Crippen LogP contribution in [0.5, 0.6) is 11.5 Å². The smallest absolute Gasteiger partial charge is 0.324 e. The Balaban J connectivity index is 1.57. The van der Waals surface area contributed by atoms with Crippen LogP contribution in [0.4, 0.5) is 16.3 Å². The third-order valence-corrected chi connectivity index (χ3v) is 2.87. The van der Waals surface area contributed by atoms with Crippen LogP contribution in [0.2, 0.25) is 0 Å². The molecule has 0 aliphatic heterocycles. The summed E-state index contributed by atoms with van der Waals surface area (Å²) in [5.41, 5.74) is 0.629. The minimum absolute atomic E-state index is 0.359. The molecule has 2 amide bonds. The lowest BCUT2D eigenvalue weighted by molar-refractivity contribution is 0.262. The van der Waals surface area contributed by atoms with Crippen molar-refractivity contribution in [2.24, 2.45) is 0 Å². The normalized spacial score (nSPS) is 10.1. The second-order valence-electron chi connectivity index (χ2n) is 4.71. The molecule has 0 unspecified atom stereocenters. The number of nitrogens with one attached hydrogen (secondary N) is 2. The van der Waals surface area contributed by atoms with Gasteiger partial charge >= 0.3 is 6.03 Å². The molecular formula is C16H14N4O3. The van der Waals surface area contributed by atoms with Crippen molar-refractivity contribution in [3.63, 3.8) is 0 Å². The monoisotopic (exact) mass is 310 g/mol. The van der Waals surface area contributed by atoms with Crippen molar-refractivity contribution in [2.45, 2.75) is 6.92 Å². The van der Waals surface area contributed by atoms with Crippen molar-refractivity contribution in [1.29, 1.82) is 0 Å². The van der Waals surface area contributed by atoms with E-state index in [9.17, 15) is 4.79 Å². The van der Waals surface area contributed by atoms with Gasteiger partial charge in [0.1, 0.15) is 17.3 Å². The molecule has 0 fully saturated rings. The number of pyridine rings is 1. The van der Waals surface area contributed by atoms with Crippen LogP contribution in [0.25, 0.3) is 0 Å². The Morgan fingerprint density at radius 2 is 1.74 bits per heavy atom. The largest absolute Gasteiger partial charge is 0.457 e. The van der Waals surface area contributed by atoms with Crippen molar-refractivity contribution in [3.05, 3.63) is 60.6 Å². The highest BCUT2D eigenvalue weighted by Gasteiger charge is 2.06. The number of ether oxygens (including phenoxy) is 1. The first-order chi connectivity index (χ1) is 11.2. The molecule has 0 radical (unpaired) electrons. The van der Waals surface area contributed by atoms with Crippen LogP contribution in [0.1, 0.15) is 5.76 Å². The first-order valence-electron chi connectivity index (χ1n) is 6.88. The summed E-state index contributed by atoms with van der Waals surface area (Å²) in [4.78, 5) is 15.7. The van der Waals surface area contributed by atoms with E-state index in [1.165, 1.54) is 0 Å². The van der Waals surface area contributed by atoms with E-state index < -0.39 is 6.03 Å². The highest BCUT2D eigenvalue weighted by molar-refractivity contribution is 5.99. The molecule has 0 aliphatic rings. The third-order valence-electron chi connectivity index (χ3n) is 2.87. The molecule has 0 saturated heterocycles. The van der Waals surface area contributed by atoms with E-state index in [1.54, 1.807) is 61.8 Å². The summed E-state index contributed by atoms with van der Waals surface area (Å²) in [6.45, 7) is 1.75. The number of carbonyl (C=O) groups excluding carboxylic acids is 1. The molecule has 3 rings (SSSR count). The van der Waals surface area contributed by atoms with E-state index in [0.717, 1.165) is 0 Å². The van der Waals surface area contributed by atoms with Gasteiger partial charge in [-0.05, 0) is 43.3 Å². The second-order valence-corrected chi connectivity index (χ2v) is 4.71. The Morgan fingerprint density at radius 1 is 1.04 bits per heavy atom. The second kappa shape index (κ2) is 6.61. The molecule has 7 nitrogen and oxygen atoms in total. The molecule has 23 heavy (non-hydrogen) atoms. The number of carbonyl (C=O) groups is 1. The number of rotatable bonds is 4. The minimum atomic E-state index is -0.402. The number of aryl methyl sites for hydroxylation is 1. The van der Waals surface area contributed by atoms with Gasteiger partial charge in [0.2, 0.25) is 0 Å². The van der Waals surface area contributed by atoms with Crippen LogP contribution in [0.15, 0.2) is 59.4 Å². The average Bonchev–Trinajstić information content (AvgIpc) is 2.95. The van der Waals surface area contributed by atoms with Crippen molar-refractivity contribution in [2.75, 3.05) is 10.6 Å². The molecule has 0 aliphatic carbocycles. The number of urea groups is 1. The summed E-state index contributed by atoms with van der Waals surface area (Å²) in [5.74, 6) is 2.34. The standard InChI is InChI=1S/C16H14N4O3/c1-11-10-15(20-23-11)19-16(21)18-12-2-4-13(5-3-12)22-14-6-8-17-9-7-14/h2-10H,1H3,(H2,18,19,20,21). The van der Waals surface area contributed by atoms with Gasteiger partial charge in [0.05, 0.1) is 0 Å². The molecule has 0 bridgehead atoms. The molecule has 2 heterocycles. The highest BCUT2D eigenvalue weighted by Crippen LogP contribution is 2.22. The molecule has 2 N–H and O–H groups in total. The van der Waals surface area contributed by atoms with Gasteiger partial charge < -0.3 is 14.6 Å². The quantitative estimate of drug-likeness (QED) is 0.764. The summed E-state index contributed by atoms with van der Waals surface area (Å²) in [6, 6.07) is 11.8. The summed E-state index contributed by atoms with van der Waals surface area (Å²) in [5, 5.41) is 8.95. The molecule has 0 spiro atoms. The Morgan fingerprint density at radius 3 is 2.39 bits per heavy atom. The van der Waals surface area contributed by atoms with E-state index in [1.807, 2.05) is 0 Å². The first kappa shape index (κ1) is 14.6. The number of anilines is 2. The van der Waals surface area contributed by atoms with Gasteiger partial charge in [0.15, 0.2) is 5.82 Å². The number of hydrogen-bond acceptors (Lipinski definition) is 5. The molecular weight excluding hydrogens is 296 g/mol. The maximum Gasteiger partial charge on any atom is 0.324 e. The lowest BCUT2D eigenvalue weighted by Crippen LogP contribution is -2.19. The zero-order valence-electron chi connectivity index (χ0n) is 12.3. The zero-order chi connectivity index (χ0) is 16.1. The van der Waals surface area contributed by atoms with Gasteiger partial charge in [-0.3, -0.25) is 10.3 Å². The van der Waals surface area contributed by atoms with Crippen LogP contribution in [0.3, 0.4) is 0 Å². The fourth-order valence-electron chi connectivity index (χ4n) is 1.85. The molecule has 7 heteroatoms. The Bertz CT molecular complexity index is 785. The molecule has 2 aromatic heterocycles. The van der Waals surface area contributed by atoms with Gasteiger partial charge in [-0.1, -0.05) is 5.16 Å². The topological polar surface area (TPSA) is 89.3 Å². The Kier molecular flexibility index (Phi) is 4.19. The Hall–Kier alpha value is -3.35. The van der Waals surface area contributed by atoms with E-state index in [0.29, 0.717) is 28.8 Å². The zero-order valence-corrected chi connectivity index (χ0v) is 12.3. The van der Waals surface area contributed by atoms with Crippen LogP contribution in [-0.2, 0) is 0 Å². The van der Waals surface area contributed by atoms with Crippen molar-refractivity contribution >= 4 is 17.5 Å². The summed E-state index contributed by atoms with van der Waals surface area (Å²) in [7, 11) is 0. The van der Waals surface area contributed by atoms with Gasteiger partial charge in [0, 0.05) is 24.1 Å². The summed E-state index contributed by atoms with van der Waals surface area (Å²) < 4.78 is 10.5. The Labute approximate surface area is 132 Å². The number of nitrogens with zero attached hydrogens (tertiary/aromatic N) is 2. The van der Waals surface area contributed by atoms with E-state index in [-0.39, 0.29) is 0 Å². The van der Waals surface area contributed by atoms with E-state index >= 15 is 0 Å². The van der Waals surface area contributed by atoms with Crippen molar-refractivity contribution in [1.82, 2.24) is 10.1 Å². The third kappa shape index (κ3) is 4.07. The maximum absolute atomic E-state index is 11.8. The van der Waals surface area contributed by atoms with E-state index in [4.69, 9.17) is 9.26 Å². The molecule has 3 aromatic rings. The van der Waals surface area contributed by atoms with Gasteiger partial charge in [-0.15, -0.1) is 0 Å². The van der Waals surface area contributed by atoms with Crippen molar-refractivity contribution < 1.29 is 14.1 Å². The fraction of sp³-hybridized carbons (Fsp3) is 0.0625. The van der Waals surface area contributed by atoms with Crippen molar-refractivity contribution in [3.8, 4) is 11.5 Å². The predicted molar refractivity (Wildman–Crippen MR) is 84.6 cm³/mol. The van der Waals surface area contributed by atoms with Crippen LogP contribution >= 0.6 is 0 Å². The van der Waals surface area contributed by atoms with Gasteiger partial charge in [-0.2, -0.15) is 0 Å². The van der Waals surface area contributed by atoms with E-state index in [2.05, 4.69) is 20.8 Å². The van der Waals surface area contributed by atoms with Gasteiger partial charge in [-0.25, -0.2) is 4.79 Å². The SMILES string of the molecule is Cc1cc(NC(=O)Nc2ccc(Oc3ccncc3)cc2)no1. The molecule has 1 aromatic carbocycles. The highest BCUT2D eigenvalue weighted by atomic mass is 16.5. The number of benzene rings is 1. The van der Waals surface area contributed by atoms with Crippen LogP contribution in [-0.4, -0.2) is 16.2 Å². The molecule has 0 saturated carbocycles. The number of hydrogen-bond donors (Lipinski definition) is 2. The lowest BCUT2D eigenvalue weighted by atomic mass is 10.3. The van der Waals surface area contributed by atoms with Crippen LogP contribution in [0, 0.1) is 6.92 Å². The van der Waals surface area contributed by atoms with Crippen LogP contribution < -0.4 is 15.4 Å². The molecule has 0 atom stereocenters. The average molecular weight is 310 g/mol. The number of amides is 2. The minimum Gasteiger partial charge on any atom is -0.457 e. The molecule has 116 valence electrons. The summed E-state index contributed by atoms with van der Waals surface area (Å²) >= 11 is 0. The summed E-state index contributed by atoms with van der Waals surface area (Å²) in [6.07, 6.45) is 3.31. The number of aromatic nitrogens is 2.